The number of hydrogen-bond donors (Lipinski definition) is 5. The maximum atomic E-state index is 10.5. The number of rotatable bonds is 4. The van der Waals surface area contributed by atoms with Gasteiger partial charge in [-0.1, -0.05) is 42.2 Å². The monoisotopic (exact) mass is 468 g/mol. The molecular weight excluding hydrogens is 436 g/mol. The third-order valence-corrected chi connectivity index (χ3v) is 6.70. The maximum Gasteiger partial charge on any atom is 0.130 e. The van der Waals surface area contributed by atoms with Crippen LogP contribution < -0.4 is 0 Å². The van der Waals surface area contributed by atoms with E-state index in [4.69, 9.17) is 9.47 Å². The lowest BCUT2D eigenvalue weighted by atomic mass is 9.89. The third-order valence-electron chi connectivity index (χ3n) is 6.70. The lowest BCUT2D eigenvalue weighted by molar-refractivity contribution is -0.231. The fraction of sp³-hybridized carbons (Fsp3) is 0.481. The van der Waals surface area contributed by atoms with Crippen LogP contribution in [0.25, 0.3) is 0 Å². The minimum atomic E-state index is -1.41. The fourth-order valence-corrected chi connectivity index (χ4v) is 4.38. The van der Waals surface area contributed by atoms with Crippen molar-refractivity contribution in [3.05, 3.63) is 70.3 Å². The minimum absolute atomic E-state index is 0.458. The van der Waals surface area contributed by atoms with Crippen molar-refractivity contribution in [2.75, 3.05) is 19.8 Å². The Morgan fingerprint density at radius 3 is 2.35 bits per heavy atom. The van der Waals surface area contributed by atoms with Crippen LogP contribution in [0.5, 0.6) is 0 Å². The summed E-state index contributed by atoms with van der Waals surface area (Å²) in [6.45, 7) is 2.58. The molecule has 2 fully saturated rings. The number of hydrogen-bond acceptors (Lipinski definition) is 7. The van der Waals surface area contributed by atoms with E-state index >= 15 is 0 Å². The number of benzene rings is 2. The van der Waals surface area contributed by atoms with E-state index in [9.17, 15) is 25.5 Å². The summed E-state index contributed by atoms with van der Waals surface area (Å²) in [7, 11) is 0. The third kappa shape index (κ3) is 5.51. The van der Waals surface area contributed by atoms with Crippen LogP contribution in [0.2, 0.25) is 0 Å². The normalized spacial score (nSPS) is 28.7. The molecule has 182 valence electrons. The van der Waals surface area contributed by atoms with Gasteiger partial charge in [0.2, 0.25) is 0 Å². The Labute approximate surface area is 199 Å². The van der Waals surface area contributed by atoms with Crippen LogP contribution in [-0.4, -0.2) is 75.4 Å². The Balaban J connectivity index is 1.49. The van der Waals surface area contributed by atoms with Crippen molar-refractivity contribution in [3.63, 3.8) is 0 Å². The summed E-state index contributed by atoms with van der Waals surface area (Å²) in [4.78, 5) is 0. The topological polar surface area (TPSA) is 120 Å². The maximum absolute atomic E-state index is 10.5. The first kappa shape index (κ1) is 24.8. The van der Waals surface area contributed by atoms with Gasteiger partial charge in [0, 0.05) is 18.4 Å². The molecule has 2 saturated heterocycles. The summed E-state index contributed by atoms with van der Waals surface area (Å²) < 4.78 is 11.0. The summed E-state index contributed by atoms with van der Waals surface area (Å²) >= 11 is 0. The van der Waals surface area contributed by atoms with Gasteiger partial charge in [0.05, 0.1) is 19.8 Å². The zero-order valence-electron chi connectivity index (χ0n) is 19.2. The molecule has 5 atom stereocenters. The van der Waals surface area contributed by atoms with Crippen molar-refractivity contribution in [2.45, 2.75) is 62.3 Å². The standard InChI is InChI=1S/C27H32O7/c1-17-2-7-20(26-25(31)24(30)23(29)22(16-28)34-26)15-21(17)14-19-5-3-18(4-6-19)8-9-27(32)10-12-33-13-11-27/h2-7,15,22-26,28-32H,10-14,16H2,1H3/t22-,23-,24+,25-,26+/m1/s1. The molecule has 0 radical (unpaired) electrons. The second kappa shape index (κ2) is 10.5. The van der Waals surface area contributed by atoms with E-state index in [2.05, 4.69) is 11.8 Å². The highest BCUT2D eigenvalue weighted by Crippen LogP contribution is 2.33. The molecule has 7 nitrogen and oxygen atoms in total. The Kier molecular flexibility index (Phi) is 7.70. The van der Waals surface area contributed by atoms with Gasteiger partial charge >= 0.3 is 0 Å². The SMILES string of the molecule is Cc1ccc([C@@H]2O[C@H](CO)[C@@H](O)[C@H](O)[C@H]2O)cc1Cc1ccc(C#CC2(O)CCOCC2)cc1. The molecule has 0 bridgehead atoms. The van der Waals surface area contributed by atoms with E-state index in [0.29, 0.717) is 38.0 Å². The molecule has 0 aromatic heterocycles. The molecule has 7 heteroatoms. The van der Waals surface area contributed by atoms with Gasteiger partial charge in [-0.2, -0.15) is 0 Å². The smallest absolute Gasteiger partial charge is 0.130 e. The van der Waals surface area contributed by atoms with Gasteiger partial charge in [-0.05, 0) is 47.7 Å². The van der Waals surface area contributed by atoms with Crippen molar-refractivity contribution in [2.24, 2.45) is 0 Å². The molecule has 2 aromatic carbocycles. The minimum Gasteiger partial charge on any atom is -0.394 e. The molecule has 0 unspecified atom stereocenters. The first-order chi connectivity index (χ1) is 16.3. The molecule has 0 aliphatic carbocycles. The van der Waals surface area contributed by atoms with Crippen LogP contribution in [0.1, 0.15) is 46.8 Å². The zero-order chi connectivity index (χ0) is 24.3. The van der Waals surface area contributed by atoms with Crippen LogP contribution in [-0.2, 0) is 15.9 Å². The largest absolute Gasteiger partial charge is 0.394 e. The Morgan fingerprint density at radius 2 is 1.68 bits per heavy atom. The first-order valence-corrected chi connectivity index (χ1v) is 11.6. The molecule has 2 aliphatic heterocycles. The molecule has 4 rings (SSSR count). The summed E-state index contributed by atoms with van der Waals surface area (Å²) in [5, 5.41) is 50.6. The van der Waals surface area contributed by atoms with Crippen molar-refractivity contribution < 1.29 is 35.0 Å². The van der Waals surface area contributed by atoms with E-state index in [0.717, 1.165) is 22.3 Å². The molecule has 2 heterocycles. The lowest BCUT2D eigenvalue weighted by Gasteiger charge is -2.40. The molecule has 34 heavy (non-hydrogen) atoms. The predicted molar refractivity (Wildman–Crippen MR) is 125 cm³/mol. The van der Waals surface area contributed by atoms with E-state index in [1.165, 1.54) is 0 Å². The van der Waals surface area contributed by atoms with Crippen LogP contribution in [0.15, 0.2) is 42.5 Å². The first-order valence-electron chi connectivity index (χ1n) is 11.6. The van der Waals surface area contributed by atoms with Crippen molar-refractivity contribution in [3.8, 4) is 11.8 Å². The van der Waals surface area contributed by atoms with Crippen LogP contribution >= 0.6 is 0 Å². The van der Waals surface area contributed by atoms with E-state index in [1.54, 1.807) is 0 Å². The van der Waals surface area contributed by atoms with E-state index in [1.807, 2.05) is 49.4 Å². The van der Waals surface area contributed by atoms with Crippen molar-refractivity contribution in [1.29, 1.82) is 0 Å². The summed E-state index contributed by atoms with van der Waals surface area (Å²) in [5.74, 6) is 6.05. The van der Waals surface area contributed by atoms with Crippen LogP contribution in [0.3, 0.4) is 0 Å². The Bertz CT molecular complexity index is 1030. The fourth-order valence-electron chi connectivity index (χ4n) is 4.38. The van der Waals surface area contributed by atoms with Gasteiger partial charge < -0.3 is 35.0 Å². The summed E-state index contributed by atoms with van der Waals surface area (Å²) in [5.41, 5.74) is 3.69. The molecule has 0 saturated carbocycles. The van der Waals surface area contributed by atoms with Gasteiger partial charge in [-0.3, -0.25) is 0 Å². The second-order valence-electron chi connectivity index (χ2n) is 9.20. The van der Waals surface area contributed by atoms with Crippen LogP contribution in [0, 0.1) is 18.8 Å². The summed E-state index contributed by atoms with van der Waals surface area (Å²) in [6.07, 6.45) is -4.22. The number of aliphatic hydroxyl groups excluding tert-OH is 4. The Hall–Kier alpha value is -2.28. The average Bonchev–Trinajstić information content (AvgIpc) is 2.84. The molecule has 2 aliphatic rings. The Morgan fingerprint density at radius 1 is 0.971 bits per heavy atom. The highest BCUT2D eigenvalue weighted by Gasteiger charge is 2.44. The number of ether oxygens (including phenoxy) is 2. The highest BCUT2D eigenvalue weighted by atomic mass is 16.5. The summed E-state index contributed by atoms with van der Waals surface area (Å²) in [6, 6.07) is 13.5. The molecule has 5 N–H and O–H groups in total. The van der Waals surface area contributed by atoms with Gasteiger partial charge in [-0.15, -0.1) is 0 Å². The predicted octanol–water partition coefficient (Wildman–Crippen LogP) is 0.994. The zero-order valence-corrected chi connectivity index (χ0v) is 19.2. The second-order valence-corrected chi connectivity index (χ2v) is 9.20. The van der Waals surface area contributed by atoms with Crippen LogP contribution in [0.4, 0.5) is 0 Å². The quantitative estimate of drug-likeness (QED) is 0.425. The van der Waals surface area contributed by atoms with E-state index < -0.39 is 42.7 Å². The highest BCUT2D eigenvalue weighted by molar-refractivity contribution is 5.41. The molecule has 0 spiro atoms. The van der Waals surface area contributed by atoms with E-state index in [-0.39, 0.29) is 0 Å². The number of aryl methyl sites for hydroxylation is 1. The molecule has 2 aromatic rings. The molecular formula is C27H32O7. The van der Waals surface area contributed by atoms with Gasteiger partial charge in [0.1, 0.15) is 36.1 Å². The molecule has 0 amide bonds. The van der Waals surface area contributed by atoms with Crippen molar-refractivity contribution in [1.82, 2.24) is 0 Å². The average molecular weight is 469 g/mol. The van der Waals surface area contributed by atoms with Gasteiger partial charge in [-0.25, -0.2) is 0 Å². The lowest BCUT2D eigenvalue weighted by Crippen LogP contribution is -2.55. The van der Waals surface area contributed by atoms with Gasteiger partial charge in [0.25, 0.3) is 0 Å². The van der Waals surface area contributed by atoms with Gasteiger partial charge in [0.15, 0.2) is 0 Å². The van der Waals surface area contributed by atoms with Crippen molar-refractivity contribution >= 4 is 0 Å². The number of aliphatic hydroxyl groups is 5.